The molecule has 1 aromatic carbocycles. The van der Waals surface area contributed by atoms with Crippen LogP contribution < -0.4 is 5.32 Å². The molecule has 1 saturated heterocycles. The summed E-state index contributed by atoms with van der Waals surface area (Å²) in [5.74, 6) is -0.247. The number of carbonyl (C=O) groups excluding carboxylic acids is 1. The number of piperazine rings is 1. The second-order valence-electron chi connectivity index (χ2n) is 6.53. The zero-order valence-corrected chi connectivity index (χ0v) is 14.1. The van der Waals surface area contributed by atoms with Gasteiger partial charge in [0.1, 0.15) is 11.9 Å². The van der Waals surface area contributed by atoms with E-state index in [0.717, 1.165) is 44.3 Å². The lowest BCUT2D eigenvalue weighted by Crippen LogP contribution is -2.48. The molecule has 0 radical (unpaired) electrons. The number of halogens is 1. The lowest BCUT2D eigenvalue weighted by atomic mass is 9.78. The van der Waals surface area contributed by atoms with Gasteiger partial charge in [-0.15, -0.1) is 0 Å². The van der Waals surface area contributed by atoms with Crippen molar-refractivity contribution in [1.82, 2.24) is 10.2 Å². The maximum absolute atomic E-state index is 13.2. The van der Waals surface area contributed by atoms with Crippen LogP contribution in [0.15, 0.2) is 24.3 Å². The average Bonchev–Trinajstić information content (AvgIpc) is 2.64. The molecule has 132 valence electrons. The number of ether oxygens (including phenoxy) is 2. The molecular weight excluding hydrogens is 311 g/mol. The zero-order chi connectivity index (χ0) is 17.0. The van der Waals surface area contributed by atoms with Crippen molar-refractivity contribution in [3.05, 3.63) is 35.6 Å². The number of hydrogen-bond acceptors (Lipinski definition) is 4. The van der Waals surface area contributed by atoms with Crippen LogP contribution >= 0.6 is 0 Å². The van der Waals surface area contributed by atoms with Crippen molar-refractivity contribution in [3.8, 4) is 0 Å². The Hall–Kier alpha value is -1.66. The normalized spacial score (nSPS) is 27.8. The molecule has 1 aliphatic carbocycles. The van der Waals surface area contributed by atoms with Gasteiger partial charge in [-0.1, -0.05) is 12.1 Å². The van der Waals surface area contributed by atoms with E-state index < -0.39 is 5.60 Å². The minimum absolute atomic E-state index is 0.0730. The summed E-state index contributed by atoms with van der Waals surface area (Å²) >= 11 is 0. The molecule has 0 unspecified atom stereocenters. The van der Waals surface area contributed by atoms with Gasteiger partial charge in [0.05, 0.1) is 5.60 Å². The van der Waals surface area contributed by atoms with Crippen molar-refractivity contribution in [2.75, 3.05) is 33.3 Å². The Morgan fingerprint density at radius 1 is 1.21 bits per heavy atom. The van der Waals surface area contributed by atoms with Crippen LogP contribution in [0.2, 0.25) is 0 Å². The summed E-state index contributed by atoms with van der Waals surface area (Å²) in [4.78, 5) is 14.0. The van der Waals surface area contributed by atoms with Crippen molar-refractivity contribution < 1.29 is 18.7 Å². The van der Waals surface area contributed by atoms with Crippen LogP contribution in [0.1, 0.15) is 31.2 Å². The van der Waals surface area contributed by atoms with Crippen molar-refractivity contribution in [1.29, 1.82) is 0 Å². The maximum Gasteiger partial charge on any atom is 0.410 e. The lowest BCUT2D eigenvalue weighted by molar-refractivity contribution is -0.0739. The van der Waals surface area contributed by atoms with Crippen LogP contribution in [0.4, 0.5) is 9.18 Å². The molecule has 0 bridgehead atoms. The summed E-state index contributed by atoms with van der Waals surface area (Å²) in [6, 6.07) is 6.50. The Labute approximate surface area is 142 Å². The van der Waals surface area contributed by atoms with Crippen LogP contribution in [-0.4, -0.2) is 50.4 Å². The number of nitrogens with one attached hydrogen (secondary N) is 1. The van der Waals surface area contributed by atoms with Gasteiger partial charge in [0.25, 0.3) is 0 Å². The Morgan fingerprint density at radius 2 is 1.83 bits per heavy atom. The van der Waals surface area contributed by atoms with E-state index in [2.05, 4.69) is 5.32 Å². The third-order valence-electron chi connectivity index (χ3n) is 5.14. The summed E-state index contributed by atoms with van der Waals surface area (Å²) in [5.41, 5.74) is 0.573. The molecule has 1 amide bonds. The van der Waals surface area contributed by atoms with Crippen molar-refractivity contribution >= 4 is 6.09 Å². The van der Waals surface area contributed by atoms with Crippen molar-refractivity contribution in [3.63, 3.8) is 0 Å². The smallest absolute Gasteiger partial charge is 0.410 e. The van der Waals surface area contributed by atoms with Crippen LogP contribution in [-0.2, 0) is 15.1 Å². The summed E-state index contributed by atoms with van der Waals surface area (Å²) < 4.78 is 24.6. The average molecular weight is 336 g/mol. The standard InChI is InChI=1S/C18H25FN2O3/c1-23-18(14-2-4-15(19)5-3-14)8-6-16(7-9-18)24-17(22)21-12-10-20-11-13-21/h2-5,16,20H,6-13H2,1H3. The van der Waals surface area contributed by atoms with Crippen LogP contribution in [0, 0.1) is 5.82 Å². The molecule has 1 aliphatic heterocycles. The topological polar surface area (TPSA) is 50.8 Å². The van der Waals surface area contributed by atoms with Gasteiger partial charge in [0.15, 0.2) is 0 Å². The van der Waals surface area contributed by atoms with Crippen molar-refractivity contribution in [2.45, 2.75) is 37.4 Å². The molecule has 2 fully saturated rings. The Kier molecular flexibility index (Phi) is 5.36. The molecule has 6 heteroatoms. The first-order valence-electron chi connectivity index (χ1n) is 8.60. The zero-order valence-electron chi connectivity index (χ0n) is 14.1. The number of nitrogens with zero attached hydrogens (tertiary/aromatic N) is 1. The molecule has 1 N–H and O–H groups in total. The Morgan fingerprint density at radius 3 is 2.42 bits per heavy atom. The van der Waals surface area contributed by atoms with E-state index in [0.29, 0.717) is 13.1 Å². The number of rotatable bonds is 3. The molecule has 0 spiro atoms. The van der Waals surface area contributed by atoms with E-state index in [-0.39, 0.29) is 18.0 Å². The number of hydrogen-bond donors (Lipinski definition) is 1. The third-order valence-corrected chi connectivity index (χ3v) is 5.14. The molecule has 5 nitrogen and oxygen atoms in total. The van der Waals surface area contributed by atoms with Crippen molar-refractivity contribution in [2.24, 2.45) is 0 Å². The fraction of sp³-hybridized carbons (Fsp3) is 0.611. The van der Waals surface area contributed by atoms with Gasteiger partial charge in [-0.25, -0.2) is 9.18 Å². The van der Waals surface area contributed by atoms with Gasteiger partial charge in [0, 0.05) is 33.3 Å². The fourth-order valence-corrected chi connectivity index (χ4v) is 3.60. The largest absolute Gasteiger partial charge is 0.446 e. The van der Waals surface area contributed by atoms with E-state index in [4.69, 9.17) is 9.47 Å². The van der Waals surface area contributed by atoms with Gasteiger partial charge >= 0.3 is 6.09 Å². The first kappa shape index (κ1) is 17.2. The van der Waals surface area contributed by atoms with Gasteiger partial charge in [-0.2, -0.15) is 0 Å². The molecule has 1 heterocycles. The highest BCUT2D eigenvalue weighted by atomic mass is 19.1. The number of amides is 1. The van der Waals surface area contributed by atoms with Gasteiger partial charge in [0.2, 0.25) is 0 Å². The second kappa shape index (κ2) is 7.49. The first-order chi connectivity index (χ1) is 11.6. The number of methoxy groups -OCH3 is 1. The quantitative estimate of drug-likeness (QED) is 0.922. The minimum Gasteiger partial charge on any atom is -0.446 e. The minimum atomic E-state index is -0.411. The van der Waals surface area contributed by atoms with E-state index in [1.54, 1.807) is 24.1 Å². The summed E-state index contributed by atoms with van der Waals surface area (Å²) in [6.07, 6.45) is 2.74. The molecule has 3 rings (SSSR count). The SMILES string of the molecule is COC1(c2ccc(F)cc2)CCC(OC(=O)N2CCNCC2)CC1. The summed E-state index contributed by atoms with van der Waals surface area (Å²) in [7, 11) is 1.69. The predicted molar refractivity (Wildman–Crippen MR) is 88.3 cm³/mol. The molecule has 1 saturated carbocycles. The second-order valence-corrected chi connectivity index (χ2v) is 6.53. The van der Waals surface area contributed by atoms with E-state index in [1.807, 2.05) is 0 Å². The molecule has 1 aromatic rings. The van der Waals surface area contributed by atoms with Gasteiger partial charge < -0.3 is 19.7 Å². The highest BCUT2D eigenvalue weighted by Crippen LogP contribution is 2.41. The van der Waals surface area contributed by atoms with E-state index in [1.165, 1.54) is 12.1 Å². The number of carbonyl (C=O) groups is 1. The molecule has 2 aliphatic rings. The van der Waals surface area contributed by atoms with E-state index >= 15 is 0 Å². The fourth-order valence-electron chi connectivity index (χ4n) is 3.60. The van der Waals surface area contributed by atoms with Gasteiger partial charge in [-0.05, 0) is 43.4 Å². The Balaban J connectivity index is 1.57. The highest BCUT2D eigenvalue weighted by molar-refractivity contribution is 5.68. The molecule has 0 atom stereocenters. The predicted octanol–water partition coefficient (Wildman–Crippen LogP) is 2.65. The van der Waals surface area contributed by atoms with E-state index in [9.17, 15) is 9.18 Å². The number of benzene rings is 1. The highest BCUT2D eigenvalue weighted by Gasteiger charge is 2.38. The monoisotopic (exact) mass is 336 g/mol. The van der Waals surface area contributed by atoms with Crippen LogP contribution in [0.25, 0.3) is 0 Å². The maximum atomic E-state index is 13.2. The van der Waals surface area contributed by atoms with Gasteiger partial charge in [-0.3, -0.25) is 0 Å². The first-order valence-corrected chi connectivity index (χ1v) is 8.60. The summed E-state index contributed by atoms with van der Waals surface area (Å²) in [5, 5.41) is 3.22. The molecular formula is C18H25FN2O3. The summed E-state index contributed by atoms with van der Waals surface area (Å²) in [6.45, 7) is 3.03. The Bertz CT molecular complexity index is 550. The van der Waals surface area contributed by atoms with Crippen LogP contribution in [0.3, 0.4) is 0 Å². The third kappa shape index (κ3) is 3.70. The molecule has 0 aromatic heterocycles. The molecule has 24 heavy (non-hydrogen) atoms. The van der Waals surface area contributed by atoms with Crippen LogP contribution in [0.5, 0.6) is 0 Å². The lowest BCUT2D eigenvalue weighted by Gasteiger charge is -2.39.